The monoisotopic (exact) mass is 392 g/mol. The van der Waals surface area contributed by atoms with Crippen LogP contribution in [0, 0.1) is 0 Å². The number of fused-ring (bicyclic) bond motifs is 1. The average Bonchev–Trinajstić information content (AvgIpc) is 3.04. The maximum Gasteiger partial charge on any atom is 0.330 e. The van der Waals surface area contributed by atoms with Gasteiger partial charge in [0.2, 0.25) is 9.84 Å². The Morgan fingerprint density at radius 3 is 2.67 bits per heavy atom. The van der Waals surface area contributed by atoms with Crippen LogP contribution in [-0.2, 0) is 19.4 Å². The number of nitrogens with one attached hydrogen (secondary N) is 1. The molecule has 0 fully saturated rings. The maximum atomic E-state index is 13.0. The highest BCUT2D eigenvalue weighted by Gasteiger charge is 2.48. The molecule has 0 aliphatic carbocycles. The van der Waals surface area contributed by atoms with Gasteiger partial charge in [-0.25, -0.2) is 23.1 Å². The molecule has 3 amide bonds. The number of carbonyl (C=O) groups excluding carboxylic acids is 3. The van der Waals surface area contributed by atoms with Gasteiger partial charge in [0, 0.05) is 0 Å². The zero-order valence-corrected chi connectivity index (χ0v) is 15.3. The first-order valence-corrected chi connectivity index (χ1v) is 9.43. The van der Waals surface area contributed by atoms with Crippen LogP contribution in [0.1, 0.15) is 23.7 Å². The van der Waals surface area contributed by atoms with Gasteiger partial charge in [0.1, 0.15) is 11.7 Å². The molecular weight excluding hydrogens is 376 g/mol. The Labute approximate surface area is 154 Å². The summed E-state index contributed by atoms with van der Waals surface area (Å²) in [6, 6.07) is 4.52. The van der Waals surface area contributed by atoms with Crippen molar-refractivity contribution in [1.82, 2.24) is 10.2 Å². The number of benzene rings is 1. The number of amides is 3. The van der Waals surface area contributed by atoms with Gasteiger partial charge in [0.05, 0.1) is 30.5 Å². The summed E-state index contributed by atoms with van der Waals surface area (Å²) in [5.41, 5.74) is -0.144. The Morgan fingerprint density at radius 1 is 1.33 bits per heavy atom. The van der Waals surface area contributed by atoms with E-state index in [1.807, 2.05) is 0 Å². The highest BCUT2D eigenvalue weighted by Crippen LogP contribution is 2.32. The van der Waals surface area contributed by atoms with Crippen LogP contribution in [-0.4, -0.2) is 61.9 Å². The molecule has 3 rings (SSSR count). The van der Waals surface area contributed by atoms with Gasteiger partial charge in [0.25, 0.3) is 5.91 Å². The first-order valence-electron chi connectivity index (χ1n) is 7.88. The zero-order valence-electron chi connectivity index (χ0n) is 14.5. The number of imide groups is 1. The first kappa shape index (κ1) is 18.7. The first-order chi connectivity index (χ1) is 12.8. The van der Waals surface area contributed by atoms with E-state index in [2.05, 4.69) is 20.0 Å². The van der Waals surface area contributed by atoms with Gasteiger partial charge in [-0.15, -0.1) is 0 Å². The fourth-order valence-corrected chi connectivity index (χ4v) is 4.64. The van der Waals surface area contributed by atoms with Gasteiger partial charge in [-0.05, 0) is 19.1 Å². The lowest BCUT2D eigenvalue weighted by atomic mass is 10.2. The zero-order chi connectivity index (χ0) is 19.8. The third-order valence-corrected chi connectivity index (χ3v) is 6.15. The van der Waals surface area contributed by atoms with Crippen molar-refractivity contribution < 1.29 is 27.5 Å². The molecule has 27 heavy (non-hydrogen) atoms. The van der Waals surface area contributed by atoms with E-state index in [1.54, 1.807) is 6.92 Å². The third-order valence-electron chi connectivity index (χ3n) is 4.08. The van der Waals surface area contributed by atoms with E-state index < -0.39 is 39.5 Å². The summed E-state index contributed by atoms with van der Waals surface area (Å²) in [6.07, 6.45) is -0.686. The quantitative estimate of drug-likeness (QED) is 0.722. The molecule has 0 spiro atoms. The van der Waals surface area contributed by atoms with Crippen LogP contribution in [0.15, 0.2) is 39.1 Å². The molecule has 0 radical (unpaired) electrons. The SMILES string of the molecule is COC(=O)CC1N(C(=O)NC2=NC(C)=NC2)C(=O)c2ccccc2S1(=O)=O. The molecule has 10 nitrogen and oxygen atoms in total. The Morgan fingerprint density at radius 2 is 2.04 bits per heavy atom. The Balaban J connectivity index is 2.03. The average molecular weight is 392 g/mol. The molecule has 11 heteroatoms. The van der Waals surface area contributed by atoms with Crippen LogP contribution in [0.25, 0.3) is 0 Å². The molecule has 1 unspecified atom stereocenters. The van der Waals surface area contributed by atoms with Crippen molar-refractivity contribution in [2.75, 3.05) is 13.7 Å². The number of rotatable bonds is 2. The number of esters is 1. The fraction of sp³-hybridized carbons (Fsp3) is 0.312. The van der Waals surface area contributed by atoms with Crippen molar-refractivity contribution in [1.29, 1.82) is 0 Å². The highest BCUT2D eigenvalue weighted by atomic mass is 32.2. The summed E-state index contributed by atoms with van der Waals surface area (Å²) in [4.78, 5) is 45.5. The van der Waals surface area contributed by atoms with Crippen LogP contribution >= 0.6 is 0 Å². The molecule has 2 heterocycles. The summed E-state index contributed by atoms with van der Waals surface area (Å²) in [5, 5.41) is 0.659. The van der Waals surface area contributed by atoms with E-state index in [1.165, 1.54) is 24.3 Å². The van der Waals surface area contributed by atoms with Crippen LogP contribution in [0.3, 0.4) is 0 Å². The molecule has 0 saturated carbocycles. The minimum atomic E-state index is -4.18. The van der Waals surface area contributed by atoms with E-state index >= 15 is 0 Å². The lowest BCUT2D eigenvalue weighted by Gasteiger charge is -2.33. The number of amidine groups is 2. The fourth-order valence-electron chi connectivity index (χ4n) is 2.79. The van der Waals surface area contributed by atoms with Crippen LogP contribution in [0.2, 0.25) is 0 Å². The topological polar surface area (TPSA) is 135 Å². The number of hydrogen-bond acceptors (Lipinski definition) is 8. The Kier molecular flexibility index (Phi) is 4.79. The van der Waals surface area contributed by atoms with Gasteiger partial charge in [-0.1, -0.05) is 12.1 Å². The normalized spacial score (nSPS) is 20.4. The molecule has 1 N–H and O–H groups in total. The van der Waals surface area contributed by atoms with Crippen molar-refractivity contribution in [2.24, 2.45) is 9.98 Å². The van der Waals surface area contributed by atoms with E-state index in [9.17, 15) is 22.8 Å². The molecule has 1 aromatic rings. The van der Waals surface area contributed by atoms with Gasteiger partial charge < -0.3 is 4.74 Å². The van der Waals surface area contributed by atoms with Gasteiger partial charge in [-0.2, -0.15) is 0 Å². The smallest absolute Gasteiger partial charge is 0.330 e. The summed E-state index contributed by atoms with van der Waals surface area (Å²) in [7, 11) is -3.10. The second-order valence-corrected chi connectivity index (χ2v) is 7.88. The number of carbonyl (C=O) groups is 3. The van der Waals surface area contributed by atoms with Gasteiger partial charge in [0.15, 0.2) is 5.37 Å². The van der Waals surface area contributed by atoms with Crippen LogP contribution < -0.4 is 5.32 Å². The molecule has 1 atom stereocenters. The van der Waals surface area contributed by atoms with Crippen molar-refractivity contribution in [3.05, 3.63) is 29.8 Å². The second kappa shape index (κ2) is 6.91. The summed E-state index contributed by atoms with van der Waals surface area (Å²) in [5.74, 6) is -1.08. The molecule has 0 aromatic heterocycles. The molecule has 2 aliphatic rings. The number of hydrogen-bond donors (Lipinski definition) is 1. The van der Waals surface area contributed by atoms with Crippen molar-refractivity contribution in [3.63, 3.8) is 0 Å². The summed E-state index contributed by atoms with van der Waals surface area (Å²) in [6.45, 7) is 1.73. The molecule has 0 saturated heterocycles. The maximum absolute atomic E-state index is 13.0. The van der Waals surface area contributed by atoms with Gasteiger partial charge in [-0.3, -0.25) is 19.9 Å². The number of ether oxygens (including phenoxy) is 1. The number of methoxy groups -OCH3 is 1. The van der Waals surface area contributed by atoms with Crippen LogP contribution in [0.4, 0.5) is 4.79 Å². The van der Waals surface area contributed by atoms with Crippen LogP contribution in [0.5, 0.6) is 0 Å². The standard InChI is InChI=1S/C16H16N4O6S/c1-9-17-8-12(18-9)19-16(23)20-13(7-14(21)26-2)27(24,25)11-6-4-3-5-10(11)15(20)22/h3-6,13H,7-8H2,1-2H3,(H,17,18,19,23). The summed E-state index contributed by atoms with van der Waals surface area (Å²) < 4.78 is 30.5. The molecule has 142 valence electrons. The highest BCUT2D eigenvalue weighted by molar-refractivity contribution is 7.92. The van der Waals surface area contributed by atoms with Gasteiger partial charge >= 0.3 is 12.0 Å². The van der Waals surface area contributed by atoms with E-state index in [4.69, 9.17) is 0 Å². The van der Waals surface area contributed by atoms with E-state index in [0.29, 0.717) is 10.7 Å². The number of urea groups is 1. The third kappa shape index (κ3) is 3.33. The Bertz CT molecular complexity index is 998. The van der Waals surface area contributed by atoms with Crippen molar-refractivity contribution in [2.45, 2.75) is 23.6 Å². The van der Waals surface area contributed by atoms with E-state index in [-0.39, 0.29) is 22.8 Å². The predicted octanol–water partition coefficient (Wildman–Crippen LogP) is 0.345. The second-order valence-electron chi connectivity index (χ2n) is 5.80. The molecule has 1 aromatic carbocycles. The lowest BCUT2D eigenvalue weighted by Crippen LogP contribution is -2.57. The number of aliphatic imine (C=N–C) groups is 2. The minimum Gasteiger partial charge on any atom is -0.469 e. The number of sulfone groups is 1. The minimum absolute atomic E-state index is 0.102. The van der Waals surface area contributed by atoms with E-state index in [0.717, 1.165) is 7.11 Å². The molecule has 0 bridgehead atoms. The van der Waals surface area contributed by atoms with Crippen molar-refractivity contribution >= 4 is 39.4 Å². The number of nitrogens with zero attached hydrogens (tertiary/aromatic N) is 3. The summed E-state index contributed by atoms with van der Waals surface area (Å²) >= 11 is 0. The largest absolute Gasteiger partial charge is 0.469 e. The van der Waals surface area contributed by atoms with Crippen molar-refractivity contribution in [3.8, 4) is 0 Å². The lowest BCUT2D eigenvalue weighted by molar-refractivity contribution is -0.141. The predicted molar refractivity (Wildman–Crippen MR) is 94.2 cm³/mol. The molecule has 2 aliphatic heterocycles. The Hall–Kier alpha value is -3.08. The molecular formula is C16H16N4O6S.